The van der Waals surface area contributed by atoms with Crippen LogP contribution < -0.4 is 10.5 Å². The van der Waals surface area contributed by atoms with Gasteiger partial charge < -0.3 is 4.90 Å². The van der Waals surface area contributed by atoms with E-state index in [9.17, 15) is 4.39 Å². The molecule has 1 atom stereocenters. The van der Waals surface area contributed by atoms with E-state index < -0.39 is 6.17 Å². The molecule has 68 valence electrons. The number of halogens is 1. The highest BCUT2D eigenvalue weighted by atomic mass is 19.1. The number of alkyl halides is 1. The number of anilines is 1. The maximum Gasteiger partial charge on any atom is 0.166 e. The second-order valence-electron chi connectivity index (χ2n) is 3.35. The summed E-state index contributed by atoms with van der Waals surface area (Å²) in [6.45, 7) is 1.21. The third-order valence-electron chi connectivity index (χ3n) is 2.22. The molecule has 2 heterocycles. The molecule has 0 saturated carbocycles. The topological polar surface area (TPSA) is 29.0 Å². The normalized spacial score (nSPS) is 22.2. The van der Waals surface area contributed by atoms with E-state index in [2.05, 4.69) is 9.97 Å². The van der Waals surface area contributed by atoms with E-state index in [0.29, 0.717) is 13.0 Å². The van der Waals surface area contributed by atoms with Crippen LogP contribution in [0.15, 0.2) is 12.4 Å². The number of rotatable bonds is 1. The van der Waals surface area contributed by atoms with Gasteiger partial charge in [-0.1, -0.05) is 0 Å². The molecule has 0 amide bonds. The average molecular weight is 179 g/mol. The average Bonchev–Trinajstić information content (AvgIpc) is 2.53. The Morgan fingerprint density at radius 1 is 1.46 bits per heavy atom. The molecule has 1 aromatic heterocycles. The molecule has 0 radical (unpaired) electrons. The molecule has 1 aromatic rings. The number of hydrogen-bond donors (Lipinski definition) is 0. The highest BCUT2D eigenvalue weighted by Crippen LogP contribution is 2.17. The summed E-state index contributed by atoms with van der Waals surface area (Å²) in [5, 5.41) is 0. The van der Waals surface area contributed by atoms with Crippen molar-refractivity contribution in [1.82, 2.24) is 9.97 Å². The van der Waals surface area contributed by atoms with E-state index in [1.54, 1.807) is 12.4 Å². The fourth-order valence-electron chi connectivity index (χ4n) is 1.47. The minimum atomic E-state index is -0.705. The van der Waals surface area contributed by atoms with Gasteiger partial charge in [-0.3, -0.25) is 4.98 Å². The van der Waals surface area contributed by atoms with E-state index in [1.165, 1.54) is 0 Å². The van der Waals surface area contributed by atoms with Gasteiger partial charge in [0.05, 0.1) is 12.7 Å². The summed E-state index contributed by atoms with van der Waals surface area (Å²) >= 11 is 0. The van der Waals surface area contributed by atoms with Gasteiger partial charge in [-0.25, -0.2) is 9.37 Å². The minimum absolute atomic E-state index is 0.456. The van der Waals surface area contributed by atoms with Gasteiger partial charge in [0, 0.05) is 18.3 Å². The summed E-state index contributed by atoms with van der Waals surface area (Å²) in [6.07, 6.45) is 3.31. The Hall–Kier alpha value is -1.13. The summed E-state index contributed by atoms with van der Waals surface area (Å²) in [4.78, 5) is 10.2. The van der Waals surface area contributed by atoms with Gasteiger partial charge in [-0.05, 0) is 6.42 Å². The molecule has 0 aliphatic carbocycles. The van der Waals surface area contributed by atoms with Gasteiger partial charge in [0.25, 0.3) is 0 Å². The van der Waals surface area contributed by atoms with E-state index >= 15 is 0 Å². The third-order valence-corrected chi connectivity index (χ3v) is 2.22. The predicted molar refractivity (Wildman–Crippen MR) is 51.9 cm³/mol. The molecule has 3 nitrogen and oxygen atoms in total. The lowest BCUT2D eigenvalue weighted by Crippen LogP contribution is -2.22. The summed E-state index contributed by atoms with van der Waals surface area (Å²) in [7, 11) is 1.89. The Morgan fingerprint density at radius 2 is 2.31 bits per heavy atom. The standard InChI is InChI=1S/C8H11BFN3/c9-7-3-12-8(4-11-7)13-2-1-6(10)5-13/h3-4,6H,1-2,5,9H2/t6-/m0/s1. The van der Waals surface area contributed by atoms with E-state index in [1.807, 2.05) is 12.7 Å². The van der Waals surface area contributed by atoms with Crippen molar-refractivity contribution in [2.45, 2.75) is 12.6 Å². The van der Waals surface area contributed by atoms with Crippen molar-refractivity contribution in [3.05, 3.63) is 12.4 Å². The Bertz CT molecular complexity index is 290. The fraction of sp³-hybridized carbons (Fsp3) is 0.500. The number of aromatic nitrogens is 2. The molecule has 1 aliphatic heterocycles. The van der Waals surface area contributed by atoms with Crippen molar-refractivity contribution >= 4 is 19.3 Å². The molecular weight excluding hydrogens is 168 g/mol. The zero-order chi connectivity index (χ0) is 9.26. The molecule has 0 N–H and O–H groups in total. The molecule has 1 aliphatic rings. The molecule has 1 fully saturated rings. The number of nitrogens with zero attached hydrogens (tertiary/aromatic N) is 3. The van der Waals surface area contributed by atoms with Crippen molar-refractivity contribution < 1.29 is 4.39 Å². The van der Waals surface area contributed by atoms with Gasteiger partial charge in [-0.15, -0.1) is 0 Å². The maximum atomic E-state index is 12.8. The van der Waals surface area contributed by atoms with Crippen LogP contribution in [0, 0.1) is 0 Å². The Morgan fingerprint density at radius 3 is 2.85 bits per heavy atom. The second kappa shape index (κ2) is 3.32. The molecule has 5 heteroatoms. The molecule has 0 spiro atoms. The van der Waals surface area contributed by atoms with Crippen molar-refractivity contribution in [3.63, 3.8) is 0 Å². The first kappa shape index (κ1) is 8.47. The lowest BCUT2D eigenvalue weighted by Gasteiger charge is -2.15. The molecule has 0 bridgehead atoms. The molecule has 2 rings (SSSR count). The van der Waals surface area contributed by atoms with Gasteiger partial charge in [0.1, 0.15) is 12.0 Å². The quantitative estimate of drug-likeness (QED) is 0.533. The highest BCUT2D eigenvalue weighted by Gasteiger charge is 2.22. The fourth-order valence-corrected chi connectivity index (χ4v) is 1.47. The summed E-state index contributed by atoms with van der Waals surface area (Å²) in [6, 6.07) is 0. The Kier molecular flexibility index (Phi) is 2.16. The van der Waals surface area contributed by atoms with Crippen molar-refractivity contribution in [2.24, 2.45) is 0 Å². The summed E-state index contributed by atoms with van der Waals surface area (Å²) < 4.78 is 12.8. The molecule has 0 aromatic carbocycles. The number of hydrogen-bond acceptors (Lipinski definition) is 3. The highest BCUT2D eigenvalue weighted by molar-refractivity contribution is 6.30. The maximum absolute atomic E-state index is 12.8. The van der Waals surface area contributed by atoms with Crippen molar-refractivity contribution in [3.8, 4) is 0 Å². The van der Waals surface area contributed by atoms with Gasteiger partial charge >= 0.3 is 0 Å². The van der Waals surface area contributed by atoms with E-state index in [4.69, 9.17) is 0 Å². The molecule has 0 unspecified atom stereocenters. The van der Waals surface area contributed by atoms with Crippen molar-refractivity contribution in [2.75, 3.05) is 18.0 Å². The van der Waals surface area contributed by atoms with Gasteiger partial charge in [0.15, 0.2) is 7.85 Å². The van der Waals surface area contributed by atoms with Gasteiger partial charge in [-0.2, -0.15) is 0 Å². The van der Waals surface area contributed by atoms with Crippen LogP contribution in [0.1, 0.15) is 6.42 Å². The van der Waals surface area contributed by atoms with E-state index in [0.717, 1.165) is 18.0 Å². The van der Waals surface area contributed by atoms with Crippen LogP contribution in [0.4, 0.5) is 10.2 Å². The van der Waals surface area contributed by atoms with Gasteiger partial charge in [0.2, 0.25) is 0 Å². The smallest absolute Gasteiger partial charge is 0.166 e. The zero-order valence-electron chi connectivity index (χ0n) is 7.57. The van der Waals surface area contributed by atoms with Crippen LogP contribution in [0.3, 0.4) is 0 Å². The molecule has 1 saturated heterocycles. The SMILES string of the molecule is Bc1cnc(N2CC[C@H](F)C2)cn1. The van der Waals surface area contributed by atoms with Crippen molar-refractivity contribution in [1.29, 1.82) is 0 Å². The van der Waals surface area contributed by atoms with Crippen LogP contribution in [-0.2, 0) is 0 Å². The van der Waals surface area contributed by atoms with Crippen LogP contribution in [0.25, 0.3) is 0 Å². The van der Waals surface area contributed by atoms with Crippen LogP contribution >= 0.6 is 0 Å². The third kappa shape index (κ3) is 1.79. The second-order valence-corrected chi connectivity index (χ2v) is 3.35. The first-order chi connectivity index (χ1) is 6.25. The first-order valence-corrected chi connectivity index (χ1v) is 4.43. The summed E-state index contributed by atoms with van der Waals surface area (Å²) in [5.41, 5.74) is 0.889. The van der Waals surface area contributed by atoms with Crippen LogP contribution in [0.2, 0.25) is 0 Å². The van der Waals surface area contributed by atoms with Crippen LogP contribution in [0.5, 0.6) is 0 Å². The largest absolute Gasteiger partial charge is 0.352 e. The first-order valence-electron chi connectivity index (χ1n) is 4.43. The molecular formula is C8H11BFN3. The molecule has 13 heavy (non-hydrogen) atoms. The van der Waals surface area contributed by atoms with E-state index in [-0.39, 0.29) is 0 Å². The predicted octanol–water partition coefficient (Wildman–Crippen LogP) is -0.717. The Labute approximate surface area is 77.4 Å². The minimum Gasteiger partial charge on any atom is -0.352 e. The van der Waals surface area contributed by atoms with Crippen LogP contribution in [-0.4, -0.2) is 37.1 Å². The summed E-state index contributed by atoms with van der Waals surface area (Å²) in [5.74, 6) is 0.783. The Balaban J connectivity index is 2.13. The lowest BCUT2D eigenvalue weighted by atomic mass is 10.1. The lowest BCUT2D eigenvalue weighted by molar-refractivity contribution is 0.364. The monoisotopic (exact) mass is 179 g/mol. The zero-order valence-corrected chi connectivity index (χ0v) is 7.57.